The largest absolute Gasteiger partial charge is 0.496 e. The van der Waals surface area contributed by atoms with Crippen molar-refractivity contribution in [2.24, 2.45) is 0 Å². The molecule has 0 spiro atoms. The third kappa shape index (κ3) is 3.22. The Morgan fingerprint density at radius 3 is 2.81 bits per heavy atom. The van der Waals surface area contributed by atoms with Gasteiger partial charge in [-0.1, -0.05) is 11.6 Å². The third-order valence-electron chi connectivity index (χ3n) is 2.72. The van der Waals surface area contributed by atoms with Crippen molar-refractivity contribution in [3.8, 4) is 17.1 Å². The summed E-state index contributed by atoms with van der Waals surface area (Å²) in [7, 11) is 1.52. The van der Waals surface area contributed by atoms with Crippen LogP contribution in [0.4, 0.5) is 5.82 Å². The number of esters is 1. The first-order chi connectivity index (χ1) is 10.1. The van der Waals surface area contributed by atoms with E-state index in [2.05, 4.69) is 9.97 Å². The van der Waals surface area contributed by atoms with Crippen LogP contribution in [-0.2, 0) is 4.74 Å². The van der Waals surface area contributed by atoms with Crippen LogP contribution in [0.25, 0.3) is 11.4 Å². The number of carbonyl (C=O) groups excluding carboxylic acids is 1. The van der Waals surface area contributed by atoms with Crippen LogP contribution in [0, 0.1) is 0 Å². The van der Waals surface area contributed by atoms with Crippen molar-refractivity contribution in [3.05, 3.63) is 35.0 Å². The van der Waals surface area contributed by atoms with Gasteiger partial charge in [0, 0.05) is 11.2 Å². The molecule has 0 atom stereocenters. The lowest BCUT2D eigenvalue weighted by atomic mass is 10.2. The van der Waals surface area contributed by atoms with Gasteiger partial charge in [0.05, 0.1) is 19.3 Å². The van der Waals surface area contributed by atoms with Crippen LogP contribution in [0.2, 0.25) is 5.02 Å². The van der Waals surface area contributed by atoms with E-state index in [1.54, 1.807) is 25.1 Å². The van der Waals surface area contributed by atoms with Crippen molar-refractivity contribution >= 4 is 23.4 Å². The highest BCUT2D eigenvalue weighted by Gasteiger charge is 2.16. The molecule has 21 heavy (non-hydrogen) atoms. The summed E-state index contributed by atoms with van der Waals surface area (Å²) in [6, 6.07) is 5.06. The molecule has 0 fully saturated rings. The topological polar surface area (TPSA) is 87.3 Å². The van der Waals surface area contributed by atoms with Crippen molar-refractivity contribution in [2.75, 3.05) is 19.5 Å². The lowest BCUT2D eigenvalue weighted by Gasteiger charge is -2.09. The molecule has 110 valence electrons. The summed E-state index contributed by atoms with van der Waals surface area (Å²) in [5, 5.41) is 0.534. The lowest BCUT2D eigenvalue weighted by Crippen LogP contribution is -2.10. The Kier molecular flexibility index (Phi) is 4.59. The van der Waals surface area contributed by atoms with Gasteiger partial charge in [-0.05, 0) is 25.1 Å². The molecule has 0 amide bonds. The van der Waals surface area contributed by atoms with Crippen LogP contribution in [-0.4, -0.2) is 29.7 Å². The molecule has 0 unspecified atom stereocenters. The number of nitrogen functional groups attached to an aromatic ring is 1. The Morgan fingerprint density at radius 1 is 1.43 bits per heavy atom. The maximum Gasteiger partial charge on any atom is 0.343 e. The van der Waals surface area contributed by atoms with E-state index in [0.29, 0.717) is 22.2 Å². The zero-order valence-electron chi connectivity index (χ0n) is 11.6. The number of aromatic nitrogens is 2. The molecule has 0 bridgehead atoms. The molecule has 7 heteroatoms. The van der Waals surface area contributed by atoms with E-state index in [0.717, 1.165) is 0 Å². The highest BCUT2D eigenvalue weighted by atomic mass is 35.5. The van der Waals surface area contributed by atoms with Crippen LogP contribution in [0.3, 0.4) is 0 Å². The molecule has 0 aliphatic rings. The Morgan fingerprint density at radius 2 is 2.19 bits per heavy atom. The SMILES string of the molecule is CCOC(=O)c1cnc(-c2ccc(Cl)cc2OC)nc1N. The maximum absolute atomic E-state index is 11.7. The fourth-order valence-electron chi connectivity index (χ4n) is 1.74. The van der Waals surface area contributed by atoms with E-state index in [1.165, 1.54) is 13.3 Å². The van der Waals surface area contributed by atoms with Crippen LogP contribution in [0.1, 0.15) is 17.3 Å². The van der Waals surface area contributed by atoms with Crippen molar-refractivity contribution in [1.82, 2.24) is 9.97 Å². The number of methoxy groups -OCH3 is 1. The summed E-state index contributed by atoms with van der Waals surface area (Å²) in [5.74, 6) is 0.361. The van der Waals surface area contributed by atoms with Crippen LogP contribution >= 0.6 is 11.6 Å². The van der Waals surface area contributed by atoms with E-state index in [4.69, 9.17) is 26.8 Å². The van der Waals surface area contributed by atoms with Gasteiger partial charge in [0.2, 0.25) is 0 Å². The molecule has 0 radical (unpaired) electrons. The lowest BCUT2D eigenvalue weighted by molar-refractivity contribution is 0.0527. The van der Waals surface area contributed by atoms with Crippen LogP contribution < -0.4 is 10.5 Å². The average molecular weight is 308 g/mol. The number of hydrogen-bond donors (Lipinski definition) is 1. The van der Waals surface area contributed by atoms with Gasteiger partial charge < -0.3 is 15.2 Å². The molecule has 1 aromatic carbocycles. The van der Waals surface area contributed by atoms with Gasteiger partial charge in [0.15, 0.2) is 5.82 Å². The number of nitrogens with two attached hydrogens (primary N) is 1. The van der Waals surface area contributed by atoms with Crippen molar-refractivity contribution in [1.29, 1.82) is 0 Å². The number of rotatable bonds is 4. The average Bonchev–Trinajstić information content (AvgIpc) is 2.47. The normalized spacial score (nSPS) is 10.2. The Bertz CT molecular complexity index is 677. The molecule has 1 aromatic heterocycles. The number of benzene rings is 1. The summed E-state index contributed by atoms with van der Waals surface area (Å²) < 4.78 is 10.1. The van der Waals surface area contributed by atoms with E-state index >= 15 is 0 Å². The second kappa shape index (κ2) is 6.41. The van der Waals surface area contributed by atoms with Crippen molar-refractivity contribution in [3.63, 3.8) is 0 Å². The molecule has 1 heterocycles. The fourth-order valence-corrected chi connectivity index (χ4v) is 1.90. The van der Waals surface area contributed by atoms with Gasteiger partial charge in [0.25, 0.3) is 0 Å². The first kappa shape index (κ1) is 15.1. The van der Waals surface area contributed by atoms with E-state index in [1.807, 2.05) is 0 Å². The number of ether oxygens (including phenoxy) is 2. The first-order valence-electron chi connectivity index (χ1n) is 6.20. The Hall–Kier alpha value is -2.34. The van der Waals surface area contributed by atoms with E-state index in [9.17, 15) is 4.79 Å². The molecular formula is C14H14ClN3O3. The molecular weight excluding hydrogens is 294 g/mol. The smallest absolute Gasteiger partial charge is 0.343 e. The van der Waals surface area contributed by atoms with Crippen molar-refractivity contribution in [2.45, 2.75) is 6.92 Å². The number of carbonyl (C=O) groups is 1. The predicted molar refractivity (Wildman–Crippen MR) is 79.4 cm³/mol. The summed E-state index contributed by atoms with van der Waals surface area (Å²) in [4.78, 5) is 19.9. The number of anilines is 1. The fraction of sp³-hybridized carbons (Fsp3) is 0.214. The van der Waals surface area contributed by atoms with Gasteiger partial charge >= 0.3 is 5.97 Å². The summed E-state index contributed by atoms with van der Waals surface area (Å²) >= 11 is 5.91. The number of nitrogens with zero attached hydrogens (tertiary/aromatic N) is 2. The zero-order chi connectivity index (χ0) is 15.4. The first-order valence-corrected chi connectivity index (χ1v) is 6.58. The quantitative estimate of drug-likeness (QED) is 0.873. The van der Waals surface area contributed by atoms with E-state index < -0.39 is 5.97 Å². The number of halogens is 1. The summed E-state index contributed by atoms with van der Waals surface area (Å²) in [6.07, 6.45) is 1.34. The molecule has 0 aliphatic carbocycles. The van der Waals surface area contributed by atoms with Gasteiger partial charge in [-0.2, -0.15) is 0 Å². The second-order valence-corrected chi connectivity index (χ2v) is 4.49. The predicted octanol–water partition coefficient (Wildman–Crippen LogP) is 2.56. The standard InChI is InChI=1S/C14H14ClN3O3/c1-3-21-14(19)10-7-17-13(18-12(10)16)9-5-4-8(15)6-11(9)20-2/h4-7H,3H2,1-2H3,(H2,16,17,18). The number of hydrogen-bond acceptors (Lipinski definition) is 6. The molecule has 0 saturated carbocycles. The highest BCUT2D eigenvalue weighted by Crippen LogP contribution is 2.30. The molecule has 2 aromatic rings. The zero-order valence-corrected chi connectivity index (χ0v) is 12.3. The third-order valence-corrected chi connectivity index (χ3v) is 2.95. The van der Waals surface area contributed by atoms with Crippen LogP contribution in [0.5, 0.6) is 5.75 Å². The molecule has 6 nitrogen and oxygen atoms in total. The van der Waals surface area contributed by atoms with E-state index in [-0.39, 0.29) is 18.0 Å². The minimum atomic E-state index is -0.551. The minimum Gasteiger partial charge on any atom is -0.496 e. The molecule has 2 rings (SSSR count). The maximum atomic E-state index is 11.7. The summed E-state index contributed by atoms with van der Waals surface area (Å²) in [6.45, 7) is 1.97. The Balaban J connectivity index is 2.43. The van der Waals surface area contributed by atoms with Gasteiger partial charge in [-0.15, -0.1) is 0 Å². The molecule has 2 N–H and O–H groups in total. The van der Waals surface area contributed by atoms with Gasteiger partial charge in [0.1, 0.15) is 17.1 Å². The second-order valence-electron chi connectivity index (χ2n) is 4.06. The monoisotopic (exact) mass is 307 g/mol. The highest BCUT2D eigenvalue weighted by molar-refractivity contribution is 6.30. The Labute approximate surface area is 126 Å². The summed E-state index contributed by atoms with van der Waals surface area (Å²) in [5.41, 5.74) is 6.55. The van der Waals surface area contributed by atoms with Crippen LogP contribution in [0.15, 0.2) is 24.4 Å². The molecule has 0 saturated heterocycles. The van der Waals surface area contributed by atoms with Gasteiger partial charge in [-0.25, -0.2) is 14.8 Å². The van der Waals surface area contributed by atoms with Crippen molar-refractivity contribution < 1.29 is 14.3 Å². The minimum absolute atomic E-state index is 0.0513. The molecule has 0 aliphatic heterocycles. The van der Waals surface area contributed by atoms with Gasteiger partial charge in [-0.3, -0.25) is 0 Å².